The van der Waals surface area contributed by atoms with Crippen LogP contribution in [0.1, 0.15) is 5.56 Å². The molecule has 1 heterocycles. The van der Waals surface area contributed by atoms with E-state index in [1.807, 2.05) is 6.07 Å². The molecular formula is C16H10F2N2O. The molecular weight excluding hydrogens is 274 g/mol. The first kappa shape index (κ1) is 13.1. The topological polar surface area (TPSA) is 59.8 Å². The van der Waals surface area contributed by atoms with Gasteiger partial charge in [-0.2, -0.15) is 5.26 Å². The van der Waals surface area contributed by atoms with Crippen molar-refractivity contribution < 1.29 is 13.9 Å². The van der Waals surface area contributed by atoms with Gasteiger partial charge >= 0.3 is 0 Å². The van der Waals surface area contributed by atoms with Crippen LogP contribution in [0.5, 0.6) is 5.75 Å². The fourth-order valence-corrected chi connectivity index (χ4v) is 2.47. The summed E-state index contributed by atoms with van der Waals surface area (Å²) in [5.74, 6) is -2.00. The van der Waals surface area contributed by atoms with Crippen LogP contribution in [-0.4, -0.2) is 10.1 Å². The molecule has 1 aromatic heterocycles. The number of fused-ring (bicyclic) bond motifs is 1. The fourth-order valence-electron chi connectivity index (χ4n) is 2.47. The highest BCUT2D eigenvalue weighted by atomic mass is 19.2. The molecule has 0 aliphatic rings. The molecule has 5 heteroatoms. The van der Waals surface area contributed by atoms with E-state index in [2.05, 4.69) is 4.98 Å². The Kier molecular flexibility index (Phi) is 3.07. The maximum Gasteiger partial charge on any atom is 0.166 e. The molecule has 0 unspecified atom stereocenters. The van der Waals surface area contributed by atoms with Gasteiger partial charge in [0.05, 0.1) is 18.0 Å². The van der Waals surface area contributed by atoms with Crippen LogP contribution in [0.25, 0.3) is 22.0 Å². The van der Waals surface area contributed by atoms with Gasteiger partial charge in [0.1, 0.15) is 5.75 Å². The number of halogens is 2. The number of aromatic nitrogens is 1. The number of phenols is 1. The summed E-state index contributed by atoms with van der Waals surface area (Å²) in [7, 11) is 0. The Morgan fingerprint density at radius 1 is 1.19 bits per heavy atom. The summed E-state index contributed by atoms with van der Waals surface area (Å²) in [6, 6.07) is 8.76. The largest absolute Gasteiger partial charge is 0.508 e. The van der Waals surface area contributed by atoms with Crippen molar-refractivity contribution in [2.24, 2.45) is 0 Å². The highest BCUT2D eigenvalue weighted by molar-refractivity contribution is 5.99. The third kappa shape index (κ3) is 2.11. The monoisotopic (exact) mass is 284 g/mol. The Hall–Kier alpha value is -2.87. The molecule has 21 heavy (non-hydrogen) atoms. The molecule has 0 bridgehead atoms. The third-order valence-corrected chi connectivity index (χ3v) is 3.36. The van der Waals surface area contributed by atoms with Crippen LogP contribution in [0, 0.1) is 23.0 Å². The first-order chi connectivity index (χ1) is 10.1. The van der Waals surface area contributed by atoms with Gasteiger partial charge in [0.25, 0.3) is 0 Å². The second kappa shape index (κ2) is 4.91. The third-order valence-electron chi connectivity index (χ3n) is 3.36. The lowest BCUT2D eigenvalue weighted by molar-refractivity contribution is 0.476. The first-order valence-corrected chi connectivity index (χ1v) is 6.26. The molecule has 0 amide bonds. The van der Waals surface area contributed by atoms with Gasteiger partial charge in [-0.15, -0.1) is 0 Å². The Labute approximate surface area is 119 Å². The molecule has 2 aromatic carbocycles. The number of benzene rings is 2. The van der Waals surface area contributed by atoms with E-state index in [0.717, 1.165) is 6.07 Å². The summed E-state index contributed by atoms with van der Waals surface area (Å²) in [4.78, 5) is 2.93. The predicted octanol–water partition coefficient (Wildman–Crippen LogP) is 3.88. The zero-order chi connectivity index (χ0) is 15.0. The second-order valence-electron chi connectivity index (χ2n) is 4.67. The minimum Gasteiger partial charge on any atom is -0.508 e. The molecule has 0 saturated heterocycles. The summed E-state index contributed by atoms with van der Waals surface area (Å²) >= 11 is 0. The zero-order valence-electron chi connectivity index (χ0n) is 10.8. The van der Waals surface area contributed by atoms with Crippen molar-refractivity contribution >= 4 is 10.9 Å². The Morgan fingerprint density at radius 3 is 2.76 bits per heavy atom. The summed E-state index contributed by atoms with van der Waals surface area (Å²) in [5, 5.41) is 19.2. The molecule has 0 saturated carbocycles. The van der Waals surface area contributed by atoms with Gasteiger partial charge in [-0.25, -0.2) is 8.78 Å². The number of H-pyrrole nitrogens is 1. The van der Waals surface area contributed by atoms with E-state index in [0.29, 0.717) is 22.0 Å². The van der Waals surface area contributed by atoms with E-state index in [1.165, 1.54) is 24.3 Å². The van der Waals surface area contributed by atoms with E-state index >= 15 is 0 Å². The van der Waals surface area contributed by atoms with Crippen molar-refractivity contribution in [2.75, 3.05) is 0 Å². The Morgan fingerprint density at radius 2 is 2.00 bits per heavy atom. The Bertz CT molecular complexity index is 878. The van der Waals surface area contributed by atoms with Gasteiger partial charge in [0, 0.05) is 23.2 Å². The van der Waals surface area contributed by atoms with Crippen LogP contribution in [0.3, 0.4) is 0 Å². The molecule has 2 N–H and O–H groups in total. The molecule has 0 radical (unpaired) electrons. The average Bonchev–Trinajstić information content (AvgIpc) is 2.84. The number of nitriles is 1. The summed E-state index contributed by atoms with van der Waals surface area (Å²) in [6.45, 7) is 0. The van der Waals surface area contributed by atoms with E-state index < -0.39 is 11.6 Å². The molecule has 3 aromatic rings. The summed E-state index contributed by atoms with van der Waals surface area (Å²) < 4.78 is 27.5. The van der Waals surface area contributed by atoms with Crippen molar-refractivity contribution in [1.29, 1.82) is 5.26 Å². The number of phenolic OH excluding ortho intramolecular Hbond substituents is 1. The van der Waals surface area contributed by atoms with Gasteiger partial charge in [0.15, 0.2) is 11.6 Å². The predicted molar refractivity (Wildman–Crippen MR) is 74.6 cm³/mol. The number of nitrogens with one attached hydrogen (secondary N) is 1. The highest BCUT2D eigenvalue weighted by Crippen LogP contribution is 2.36. The summed E-state index contributed by atoms with van der Waals surface area (Å²) in [6.07, 6.45) is 1.77. The SMILES string of the molecule is N#CCc1c[nH]c2cc(O)cc(-c3cccc(F)c3F)c12. The molecule has 3 rings (SSSR count). The molecule has 0 aliphatic heterocycles. The van der Waals surface area contributed by atoms with Gasteiger partial charge in [-0.05, 0) is 23.3 Å². The number of rotatable bonds is 2. The molecule has 0 aliphatic carbocycles. The number of hydrogen-bond acceptors (Lipinski definition) is 2. The van der Waals surface area contributed by atoms with Crippen molar-refractivity contribution in [3.05, 3.63) is 53.7 Å². The van der Waals surface area contributed by atoms with Gasteiger partial charge in [0.2, 0.25) is 0 Å². The standard InChI is InChI=1S/C16H10F2N2O/c17-13-3-1-2-11(16(13)18)12-6-10(21)7-14-15(12)9(4-5-19)8-20-14/h1-3,6-8,20-21H,4H2. The molecule has 0 spiro atoms. The van der Waals surface area contributed by atoms with Crippen LogP contribution >= 0.6 is 0 Å². The van der Waals surface area contributed by atoms with Gasteiger partial charge in [-0.3, -0.25) is 0 Å². The van der Waals surface area contributed by atoms with E-state index in [-0.39, 0.29) is 17.7 Å². The summed E-state index contributed by atoms with van der Waals surface area (Å²) in [5.41, 5.74) is 1.65. The molecule has 0 atom stereocenters. The van der Waals surface area contributed by atoms with Gasteiger partial charge in [-0.1, -0.05) is 12.1 Å². The number of hydrogen-bond donors (Lipinski definition) is 2. The lowest BCUT2D eigenvalue weighted by Gasteiger charge is -2.08. The smallest absolute Gasteiger partial charge is 0.166 e. The first-order valence-electron chi connectivity index (χ1n) is 6.26. The van der Waals surface area contributed by atoms with Crippen LogP contribution in [0.15, 0.2) is 36.5 Å². The van der Waals surface area contributed by atoms with E-state index in [4.69, 9.17) is 5.26 Å². The molecule has 104 valence electrons. The highest BCUT2D eigenvalue weighted by Gasteiger charge is 2.16. The van der Waals surface area contributed by atoms with E-state index in [9.17, 15) is 13.9 Å². The van der Waals surface area contributed by atoms with Crippen LogP contribution in [0.2, 0.25) is 0 Å². The lowest BCUT2D eigenvalue weighted by Crippen LogP contribution is -1.91. The fraction of sp³-hybridized carbons (Fsp3) is 0.0625. The minimum absolute atomic E-state index is 0.0506. The zero-order valence-corrected chi connectivity index (χ0v) is 10.8. The molecule has 3 nitrogen and oxygen atoms in total. The lowest BCUT2D eigenvalue weighted by atomic mass is 9.97. The maximum atomic E-state index is 14.0. The van der Waals surface area contributed by atoms with Crippen LogP contribution in [-0.2, 0) is 6.42 Å². The maximum absolute atomic E-state index is 14.0. The van der Waals surface area contributed by atoms with Crippen LogP contribution < -0.4 is 0 Å². The number of nitrogens with zero attached hydrogens (tertiary/aromatic N) is 1. The normalized spacial score (nSPS) is 10.7. The molecule has 0 fully saturated rings. The van der Waals surface area contributed by atoms with Crippen molar-refractivity contribution in [3.63, 3.8) is 0 Å². The average molecular weight is 284 g/mol. The van der Waals surface area contributed by atoms with E-state index in [1.54, 1.807) is 6.20 Å². The van der Waals surface area contributed by atoms with Crippen molar-refractivity contribution in [1.82, 2.24) is 4.98 Å². The van der Waals surface area contributed by atoms with Crippen molar-refractivity contribution in [2.45, 2.75) is 6.42 Å². The van der Waals surface area contributed by atoms with Crippen molar-refractivity contribution in [3.8, 4) is 22.9 Å². The Balaban J connectivity index is 2.38. The minimum atomic E-state index is -0.978. The number of aromatic hydroxyl groups is 1. The second-order valence-corrected chi connectivity index (χ2v) is 4.67. The quantitative estimate of drug-likeness (QED) is 0.750. The van der Waals surface area contributed by atoms with Gasteiger partial charge < -0.3 is 10.1 Å². The number of aromatic amines is 1. The van der Waals surface area contributed by atoms with Crippen LogP contribution in [0.4, 0.5) is 8.78 Å².